The number of aromatic nitrogens is 2. The minimum atomic E-state index is -3.81. The van der Waals surface area contributed by atoms with E-state index < -0.39 is 21.8 Å². The van der Waals surface area contributed by atoms with Crippen LogP contribution in [0.3, 0.4) is 0 Å². The lowest BCUT2D eigenvalue weighted by Crippen LogP contribution is -2.43. The zero-order valence-electron chi connectivity index (χ0n) is 15.8. The number of benzene rings is 1. The Morgan fingerprint density at radius 1 is 1.27 bits per heavy atom. The average molecular weight is 451 g/mol. The van der Waals surface area contributed by atoms with Crippen molar-refractivity contribution in [3.05, 3.63) is 58.4 Å². The van der Waals surface area contributed by atoms with Gasteiger partial charge in [0.2, 0.25) is 21.8 Å². The predicted molar refractivity (Wildman–Crippen MR) is 108 cm³/mol. The molecular weight excluding hydrogens is 431 g/mol. The summed E-state index contributed by atoms with van der Waals surface area (Å²) in [5.74, 6) is -1.05. The van der Waals surface area contributed by atoms with Gasteiger partial charge in [0.25, 0.3) is 0 Å². The lowest BCUT2D eigenvalue weighted by molar-refractivity contribution is -0.121. The molecule has 0 spiro atoms. The Morgan fingerprint density at radius 2 is 2.07 bits per heavy atom. The fourth-order valence-electron chi connectivity index (χ4n) is 3.28. The Labute approximate surface area is 176 Å². The van der Waals surface area contributed by atoms with E-state index in [1.807, 2.05) is 17.5 Å². The molecule has 1 aromatic carbocycles. The quantitative estimate of drug-likeness (QED) is 0.619. The molecule has 158 valence electrons. The molecule has 8 nitrogen and oxygen atoms in total. The van der Waals surface area contributed by atoms with Gasteiger partial charge in [-0.25, -0.2) is 12.8 Å². The first-order valence-electron chi connectivity index (χ1n) is 9.33. The monoisotopic (exact) mass is 450 g/mol. The summed E-state index contributed by atoms with van der Waals surface area (Å²) in [6, 6.07) is 8.52. The van der Waals surface area contributed by atoms with Crippen LogP contribution in [-0.4, -0.2) is 41.9 Å². The van der Waals surface area contributed by atoms with Gasteiger partial charge in [0, 0.05) is 18.0 Å². The number of piperidine rings is 1. The van der Waals surface area contributed by atoms with E-state index in [1.165, 1.54) is 16.4 Å². The highest BCUT2D eigenvalue weighted by Crippen LogP contribution is 2.25. The van der Waals surface area contributed by atoms with Gasteiger partial charge in [-0.05, 0) is 48.6 Å². The normalized spacial score (nSPS) is 17.7. The molecule has 1 N–H and O–H groups in total. The molecular formula is C19H19FN4O4S2. The maximum Gasteiger partial charge on any atom is 0.322 e. The number of rotatable bonds is 6. The van der Waals surface area contributed by atoms with E-state index in [0.29, 0.717) is 31.7 Å². The Hall–Kier alpha value is -2.63. The molecule has 30 heavy (non-hydrogen) atoms. The number of anilines is 1. The third kappa shape index (κ3) is 4.58. The van der Waals surface area contributed by atoms with Crippen molar-refractivity contribution in [1.82, 2.24) is 14.5 Å². The highest BCUT2D eigenvalue weighted by atomic mass is 32.2. The van der Waals surface area contributed by atoms with Gasteiger partial charge in [-0.2, -0.15) is 4.31 Å². The summed E-state index contributed by atoms with van der Waals surface area (Å²) in [7, 11) is -3.81. The summed E-state index contributed by atoms with van der Waals surface area (Å²) in [5.41, 5.74) is 0. The largest absolute Gasteiger partial charge is 0.407 e. The van der Waals surface area contributed by atoms with Crippen LogP contribution >= 0.6 is 11.3 Å². The Morgan fingerprint density at radius 3 is 2.80 bits per heavy atom. The summed E-state index contributed by atoms with van der Waals surface area (Å²) in [6.45, 7) is 0.330. The molecule has 0 aliphatic carbocycles. The number of halogens is 1. The fraction of sp³-hybridized carbons (Fsp3) is 0.316. The third-order valence-electron chi connectivity index (χ3n) is 4.81. The van der Waals surface area contributed by atoms with Crippen LogP contribution in [0.4, 0.5) is 10.4 Å². The number of carbonyl (C=O) groups excluding carboxylic acids is 1. The summed E-state index contributed by atoms with van der Waals surface area (Å²) < 4.78 is 45.5. The van der Waals surface area contributed by atoms with Crippen LogP contribution in [0.1, 0.15) is 23.6 Å². The standard InChI is InChI=1S/C19H19FN4O4S2/c20-14-5-7-16(8-6-14)30(26,27)24-9-1-3-13(12-24)18(25)21-19-23-22-17(28-19)11-15-4-2-10-29-15/h2,4-8,10,13H,1,3,9,11-12H2,(H,21,23,25). The van der Waals surface area contributed by atoms with Crippen molar-refractivity contribution in [1.29, 1.82) is 0 Å². The molecule has 0 bridgehead atoms. The highest BCUT2D eigenvalue weighted by Gasteiger charge is 2.33. The molecule has 1 aliphatic rings. The maximum absolute atomic E-state index is 13.1. The van der Waals surface area contributed by atoms with Crippen LogP contribution in [0.5, 0.6) is 0 Å². The van der Waals surface area contributed by atoms with E-state index in [9.17, 15) is 17.6 Å². The Kier molecular flexibility index (Phi) is 5.93. The van der Waals surface area contributed by atoms with Crippen LogP contribution in [0.2, 0.25) is 0 Å². The number of hydrogen-bond donors (Lipinski definition) is 1. The fourth-order valence-corrected chi connectivity index (χ4v) is 5.50. The highest BCUT2D eigenvalue weighted by molar-refractivity contribution is 7.89. The molecule has 3 heterocycles. The van der Waals surface area contributed by atoms with Crippen LogP contribution in [0.15, 0.2) is 51.1 Å². The van der Waals surface area contributed by atoms with Crippen LogP contribution in [0, 0.1) is 11.7 Å². The van der Waals surface area contributed by atoms with Crippen molar-refractivity contribution in [3.8, 4) is 0 Å². The van der Waals surface area contributed by atoms with Gasteiger partial charge in [-0.1, -0.05) is 11.2 Å². The van der Waals surface area contributed by atoms with Gasteiger partial charge >= 0.3 is 6.01 Å². The second-order valence-electron chi connectivity index (χ2n) is 6.90. The van der Waals surface area contributed by atoms with E-state index >= 15 is 0 Å². The molecule has 2 aromatic heterocycles. The molecule has 1 saturated heterocycles. The lowest BCUT2D eigenvalue weighted by atomic mass is 9.99. The summed E-state index contributed by atoms with van der Waals surface area (Å²) in [5, 5.41) is 12.3. The van der Waals surface area contributed by atoms with Gasteiger partial charge in [-0.3, -0.25) is 10.1 Å². The predicted octanol–water partition coefficient (Wildman–Crippen LogP) is 2.90. The molecule has 4 rings (SSSR count). The first-order chi connectivity index (χ1) is 14.4. The topological polar surface area (TPSA) is 105 Å². The maximum atomic E-state index is 13.1. The van der Waals surface area contributed by atoms with Crippen molar-refractivity contribution in [3.63, 3.8) is 0 Å². The van der Waals surface area contributed by atoms with E-state index in [1.54, 1.807) is 11.3 Å². The van der Waals surface area contributed by atoms with Gasteiger partial charge in [0.1, 0.15) is 5.82 Å². The van der Waals surface area contributed by atoms with Gasteiger partial charge in [-0.15, -0.1) is 16.4 Å². The number of thiophene rings is 1. The molecule has 1 amide bonds. The molecule has 0 saturated carbocycles. The zero-order valence-corrected chi connectivity index (χ0v) is 17.5. The van der Waals surface area contributed by atoms with E-state index in [2.05, 4.69) is 15.5 Å². The van der Waals surface area contributed by atoms with Crippen molar-refractivity contribution in [2.45, 2.75) is 24.2 Å². The molecule has 1 unspecified atom stereocenters. The second kappa shape index (κ2) is 8.62. The number of carbonyl (C=O) groups is 1. The molecule has 0 radical (unpaired) electrons. The van der Waals surface area contributed by atoms with Gasteiger partial charge in [0.15, 0.2) is 0 Å². The van der Waals surface area contributed by atoms with Crippen molar-refractivity contribution >= 4 is 33.3 Å². The smallest absolute Gasteiger partial charge is 0.322 e. The van der Waals surface area contributed by atoms with Gasteiger partial charge < -0.3 is 4.42 Å². The second-order valence-corrected chi connectivity index (χ2v) is 9.87. The average Bonchev–Trinajstić information content (AvgIpc) is 3.41. The van der Waals surface area contributed by atoms with Crippen molar-refractivity contribution in [2.24, 2.45) is 5.92 Å². The summed E-state index contributed by atoms with van der Waals surface area (Å²) in [6.07, 6.45) is 1.55. The number of nitrogens with zero attached hydrogens (tertiary/aromatic N) is 3. The van der Waals surface area contributed by atoms with Crippen molar-refractivity contribution in [2.75, 3.05) is 18.4 Å². The summed E-state index contributed by atoms with van der Waals surface area (Å²) in [4.78, 5) is 13.7. The lowest BCUT2D eigenvalue weighted by Gasteiger charge is -2.30. The number of hydrogen-bond acceptors (Lipinski definition) is 7. The number of sulfonamides is 1. The number of amides is 1. The molecule has 1 aliphatic heterocycles. The Balaban J connectivity index is 1.40. The first-order valence-corrected chi connectivity index (χ1v) is 11.6. The van der Waals surface area contributed by atoms with E-state index in [-0.39, 0.29) is 23.4 Å². The molecule has 1 atom stereocenters. The van der Waals surface area contributed by atoms with Crippen LogP contribution in [-0.2, 0) is 21.2 Å². The minimum Gasteiger partial charge on any atom is -0.407 e. The van der Waals surface area contributed by atoms with E-state index in [4.69, 9.17) is 4.42 Å². The SMILES string of the molecule is O=C(Nc1nnc(Cc2cccs2)o1)C1CCCN(S(=O)(=O)c2ccc(F)cc2)C1. The van der Waals surface area contributed by atoms with Crippen LogP contribution < -0.4 is 5.32 Å². The van der Waals surface area contributed by atoms with Crippen LogP contribution in [0.25, 0.3) is 0 Å². The number of nitrogens with one attached hydrogen (secondary N) is 1. The van der Waals surface area contributed by atoms with Gasteiger partial charge in [0.05, 0.1) is 17.2 Å². The summed E-state index contributed by atoms with van der Waals surface area (Å²) >= 11 is 1.57. The molecule has 11 heteroatoms. The Bertz CT molecular complexity index is 1110. The molecule has 1 fully saturated rings. The first kappa shape index (κ1) is 20.6. The van der Waals surface area contributed by atoms with Crippen molar-refractivity contribution < 1.29 is 22.0 Å². The zero-order chi connectivity index (χ0) is 21.1. The minimum absolute atomic E-state index is 0.0000725. The van der Waals surface area contributed by atoms with E-state index in [0.717, 1.165) is 17.0 Å². The molecule has 3 aromatic rings. The third-order valence-corrected chi connectivity index (χ3v) is 7.56.